The fourth-order valence-corrected chi connectivity index (χ4v) is 2.00. The summed E-state index contributed by atoms with van der Waals surface area (Å²) < 4.78 is 2.68. The molecule has 106 valence electrons. The third-order valence-electron chi connectivity index (χ3n) is 2.72. The van der Waals surface area contributed by atoms with Gasteiger partial charge in [-0.1, -0.05) is 11.6 Å². The van der Waals surface area contributed by atoms with Gasteiger partial charge in [0.05, 0.1) is 27.9 Å². The first-order chi connectivity index (χ1) is 9.31. The van der Waals surface area contributed by atoms with E-state index >= 15 is 0 Å². The van der Waals surface area contributed by atoms with Gasteiger partial charge in [-0.2, -0.15) is 10.2 Å². The fraction of sp³-hybridized carbons (Fsp3) is 0.300. The fourth-order valence-electron chi connectivity index (χ4n) is 1.78. The van der Waals surface area contributed by atoms with Gasteiger partial charge in [0.2, 0.25) is 5.69 Å². The third-order valence-corrected chi connectivity index (χ3v) is 3.21. The van der Waals surface area contributed by atoms with Crippen molar-refractivity contribution in [3.05, 3.63) is 38.4 Å². The van der Waals surface area contributed by atoms with E-state index in [0.717, 1.165) is 10.9 Å². The molecule has 0 aliphatic rings. The first-order valence-corrected chi connectivity index (χ1v) is 5.82. The van der Waals surface area contributed by atoms with Crippen LogP contribution in [0.3, 0.4) is 0 Å². The Morgan fingerprint density at radius 1 is 1.55 bits per heavy atom. The molecule has 0 unspecified atom stereocenters. The first kappa shape index (κ1) is 14.0. The zero-order valence-electron chi connectivity index (χ0n) is 10.6. The summed E-state index contributed by atoms with van der Waals surface area (Å²) in [6, 6.07) is 0. The summed E-state index contributed by atoms with van der Waals surface area (Å²) in [4.78, 5) is 20.9. The van der Waals surface area contributed by atoms with Gasteiger partial charge in [-0.05, 0) is 6.92 Å². The molecule has 20 heavy (non-hydrogen) atoms. The summed E-state index contributed by atoms with van der Waals surface area (Å²) in [5, 5.41) is 27.9. The Bertz CT molecular complexity index is 673. The van der Waals surface area contributed by atoms with Crippen molar-refractivity contribution >= 4 is 23.3 Å². The second-order valence-electron chi connectivity index (χ2n) is 4.09. The minimum atomic E-state index is -1.46. The summed E-state index contributed by atoms with van der Waals surface area (Å²) in [5.74, 6) is -1.46. The van der Waals surface area contributed by atoms with Gasteiger partial charge < -0.3 is 5.11 Å². The number of nitrogens with zero attached hydrogens (tertiary/aromatic N) is 5. The molecule has 0 saturated carbocycles. The van der Waals surface area contributed by atoms with E-state index in [1.54, 1.807) is 14.0 Å². The number of carboxylic acids is 1. The van der Waals surface area contributed by atoms with Crippen LogP contribution in [0.4, 0.5) is 5.69 Å². The van der Waals surface area contributed by atoms with E-state index in [9.17, 15) is 14.9 Å². The van der Waals surface area contributed by atoms with E-state index < -0.39 is 22.3 Å². The third kappa shape index (κ3) is 2.35. The molecular formula is C10H10ClN5O4. The topological polar surface area (TPSA) is 116 Å². The molecule has 2 aromatic heterocycles. The predicted octanol–water partition coefficient (Wildman–Crippen LogP) is 1.23. The molecule has 0 aliphatic carbocycles. The van der Waals surface area contributed by atoms with Crippen LogP contribution in [0.1, 0.15) is 21.9 Å². The van der Waals surface area contributed by atoms with Crippen LogP contribution in [0, 0.1) is 17.0 Å². The molecule has 0 radical (unpaired) electrons. The van der Waals surface area contributed by atoms with Gasteiger partial charge in [-0.25, -0.2) is 4.79 Å². The molecule has 2 aromatic rings. The number of hydrogen-bond acceptors (Lipinski definition) is 5. The molecule has 0 aromatic carbocycles. The summed E-state index contributed by atoms with van der Waals surface area (Å²) in [6.45, 7) is 1.81. The molecule has 0 aliphatic heterocycles. The van der Waals surface area contributed by atoms with Crippen molar-refractivity contribution in [2.75, 3.05) is 0 Å². The van der Waals surface area contributed by atoms with Crippen molar-refractivity contribution in [3.63, 3.8) is 0 Å². The van der Waals surface area contributed by atoms with Crippen LogP contribution in [0.2, 0.25) is 5.02 Å². The van der Waals surface area contributed by atoms with E-state index in [0.29, 0.717) is 16.4 Å². The molecular weight excluding hydrogens is 290 g/mol. The number of carbonyl (C=O) groups is 1. The standard InChI is InChI=1S/C10H10ClN5O4/c1-5-8(11)6(14(2)12-5)3-15-4-7(16(19)20)9(13-15)10(17)18/h4H,3H2,1-2H3,(H,17,18). The van der Waals surface area contributed by atoms with E-state index in [2.05, 4.69) is 10.2 Å². The zero-order chi connectivity index (χ0) is 15.0. The number of hydrogen-bond donors (Lipinski definition) is 1. The first-order valence-electron chi connectivity index (χ1n) is 5.44. The number of rotatable bonds is 4. The predicted molar refractivity (Wildman–Crippen MR) is 67.9 cm³/mol. The largest absolute Gasteiger partial charge is 0.476 e. The molecule has 1 N–H and O–H groups in total. The molecule has 10 heteroatoms. The highest BCUT2D eigenvalue weighted by Crippen LogP contribution is 2.22. The Morgan fingerprint density at radius 3 is 2.60 bits per heavy atom. The highest BCUT2D eigenvalue weighted by atomic mass is 35.5. The minimum absolute atomic E-state index is 0.0876. The maximum absolute atomic E-state index is 10.9. The van der Waals surface area contributed by atoms with Crippen LogP contribution in [-0.4, -0.2) is 35.6 Å². The van der Waals surface area contributed by atoms with Crippen molar-refractivity contribution in [1.82, 2.24) is 19.6 Å². The number of nitro groups is 1. The summed E-state index contributed by atoms with van der Waals surface area (Å²) in [7, 11) is 1.67. The second-order valence-corrected chi connectivity index (χ2v) is 4.47. The average molecular weight is 300 g/mol. The lowest BCUT2D eigenvalue weighted by Gasteiger charge is -2.02. The van der Waals surface area contributed by atoms with Gasteiger partial charge in [0.25, 0.3) is 0 Å². The van der Waals surface area contributed by atoms with Crippen molar-refractivity contribution in [1.29, 1.82) is 0 Å². The Balaban J connectivity index is 2.42. The molecule has 0 saturated heterocycles. The van der Waals surface area contributed by atoms with Gasteiger partial charge in [-0.3, -0.25) is 19.5 Å². The van der Waals surface area contributed by atoms with Gasteiger partial charge in [-0.15, -0.1) is 0 Å². The highest BCUT2D eigenvalue weighted by molar-refractivity contribution is 6.31. The minimum Gasteiger partial charge on any atom is -0.476 e. The molecule has 0 fully saturated rings. The molecule has 9 nitrogen and oxygen atoms in total. The van der Waals surface area contributed by atoms with Crippen LogP contribution in [0.5, 0.6) is 0 Å². The van der Waals surface area contributed by atoms with Crippen molar-refractivity contribution in [3.8, 4) is 0 Å². The van der Waals surface area contributed by atoms with Crippen LogP contribution < -0.4 is 0 Å². The van der Waals surface area contributed by atoms with Crippen LogP contribution >= 0.6 is 11.6 Å². The van der Waals surface area contributed by atoms with Crippen molar-refractivity contribution in [2.24, 2.45) is 7.05 Å². The molecule has 0 spiro atoms. The molecule has 2 rings (SSSR count). The molecule has 0 bridgehead atoms. The quantitative estimate of drug-likeness (QED) is 0.670. The lowest BCUT2D eigenvalue weighted by atomic mass is 10.3. The summed E-state index contributed by atoms with van der Waals surface area (Å²) in [5.41, 5.74) is 0.0281. The van der Waals surface area contributed by atoms with Crippen LogP contribution in [-0.2, 0) is 13.6 Å². The maximum atomic E-state index is 10.9. The van der Waals surface area contributed by atoms with E-state index in [-0.39, 0.29) is 6.54 Å². The lowest BCUT2D eigenvalue weighted by Crippen LogP contribution is -2.08. The lowest BCUT2D eigenvalue weighted by molar-refractivity contribution is -0.385. The number of aromatic nitrogens is 4. The van der Waals surface area contributed by atoms with Gasteiger partial charge in [0, 0.05) is 7.05 Å². The molecule has 0 amide bonds. The number of halogens is 1. The Hall–Kier alpha value is -2.42. The van der Waals surface area contributed by atoms with Gasteiger partial charge in [0.1, 0.15) is 6.20 Å². The Labute approximate surface area is 117 Å². The normalized spacial score (nSPS) is 10.8. The van der Waals surface area contributed by atoms with E-state index in [4.69, 9.17) is 16.7 Å². The smallest absolute Gasteiger partial charge is 0.363 e. The van der Waals surface area contributed by atoms with E-state index in [1.807, 2.05) is 0 Å². The van der Waals surface area contributed by atoms with Gasteiger partial charge >= 0.3 is 11.7 Å². The van der Waals surface area contributed by atoms with E-state index in [1.165, 1.54) is 4.68 Å². The maximum Gasteiger partial charge on any atom is 0.363 e. The summed E-state index contributed by atoms with van der Waals surface area (Å²) in [6.07, 6.45) is 1.06. The van der Waals surface area contributed by atoms with Crippen LogP contribution in [0.15, 0.2) is 6.20 Å². The zero-order valence-corrected chi connectivity index (χ0v) is 11.3. The highest BCUT2D eigenvalue weighted by Gasteiger charge is 2.25. The van der Waals surface area contributed by atoms with Crippen LogP contribution in [0.25, 0.3) is 0 Å². The Kier molecular flexibility index (Phi) is 3.45. The molecule has 2 heterocycles. The number of carboxylic acid groups (broad SMARTS) is 1. The number of aryl methyl sites for hydroxylation is 2. The number of aromatic carboxylic acids is 1. The van der Waals surface area contributed by atoms with Gasteiger partial charge in [0.15, 0.2) is 0 Å². The summed E-state index contributed by atoms with van der Waals surface area (Å²) >= 11 is 6.06. The molecule has 0 atom stereocenters. The second kappa shape index (κ2) is 4.93. The average Bonchev–Trinajstić information content (AvgIpc) is 2.87. The van der Waals surface area contributed by atoms with Crippen molar-refractivity contribution < 1.29 is 14.8 Å². The Morgan fingerprint density at radius 2 is 2.20 bits per heavy atom. The SMILES string of the molecule is Cc1nn(C)c(Cn2cc([N+](=O)[O-])c(C(=O)O)n2)c1Cl. The van der Waals surface area contributed by atoms with Crippen molar-refractivity contribution in [2.45, 2.75) is 13.5 Å². The monoisotopic (exact) mass is 299 g/mol.